The Morgan fingerprint density at radius 2 is 2.08 bits per heavy atom. The lowest BCUT2D eigenvalue weighted by Crippen LogP contribution is -2.24. The highest BCUT2D eigenvalue weighted by Gasteiger charge is 2.36. The highest BCUT2D eigenvalue weighted by molar-refractivity contribution is 5.29. The minimum absolute atomic E-state index is 0.312. The summed E-state index contributed by atoms with van der Waals surface area (Å²) in [5.41, 5.74) is -0.145. The van der Waals surface area contributed by atoms with E-state index < -0.39 is 17.8 Å². The third-order valence-electron chi connectivity index (χ3n) is 4.74. The van der Waals surface area contributed by atoms with Gasteiger partial charge in [-0.3, -0.25) is 4.90 Å². The number of hydrogen-bond donors (Lipinski definition) is 1. The standard InChI is InChI=1S/C17H18F3N3O2/c18-17(19,20)12-3-1-2-11(6-12)14-7-13(24)8-23(14)9-15-21-16(22-25-15)10-4-5-10/h1-3,6,10,13-14,24H,4-5,7-9H2/t13-,14+/m0/s1. The zero-order valence-corrected chi connectivity index (χ0v) is 13.4. The van der Waals surface area contributed by atoms with E-state index in [4.69, 9.17) is 4.52 Å². The first-order valence-electron chi connectivity index (χ1n) is 8.32. The molecule has 1 N–H and O–H groups in total. The molecule has 8 heteroatoms. The second-order valence-electron chi connectivity index (χ2n) is 6.78. The Bertz CT molecular complexity index is 758. The second kappa shape index (κ2) is 6.10. The molecule has 2 atom stereocenters. The van der Waals surface area contributed by atoms with Gasteiger partial charge in [-0.2, -0.15) is 18.2 Å². The van der Waals surface area contributed by atoms with Crippen LogP contribution in [0.15, 0.2) is 28.8 Å². The van der Waals surface area contributed by atoms with Gasteiger partial charge in [-0.1, -0.05) is 17.3 Å². The number of halogens is 3. The summed E-state index contributed by atoms with van der Waals surface area (Å²) < 4.78 is 44.2. The fraction of sp³-hybridized carbons (Fsp3) is 0.529. The van der Waals surface area contributed by atoms with Crippen LogP contribution in [0.3, 0.4) is 0 Å². The van der Waals surface area contributed by atoms with Crippen LogP contribution in [0.1, 0.15) is 54.1 Å². The monoisotopic (exact) mass is 353 g/mol. The number of aliphatic hydroxyl groups is 1. The van der Waals surface area contributed by atoms with E-state index in [2.05, 4.69) is 10.1 Å². The number of alkyl halides is 3. The molecular formula is C17H18F3N3O2. The van der Waals surface area contributed by atoms with E-state index in [0.717, 1.165) is 25.0 Å². The van der Waals surface area contributed by atoms with Crippen LogP contribution in [0.4, 0.5) is 13.2 Å². The predicted octanol–water partition coefficient (Wildman–Crippen LogP) is 3.27. The van der Waals surface area contributed by atoms with Crippen LogP contribution in [0.5, 0.6) is 0 Å². The molecule has 1 aliphatic carbocycles. The summed E-state index contributed by atoms with van der Waals surface area (Å²) in [7, 11) is 0. The van der Waals surface area contributed by atoms with Crippen LogP contribution >= 0.6 is 0 Å². The van der Waals surface area contributed by atoms with Gasteiger partial charge in [0, 0.05) is 18.5 Å². The highest BCUT2D eigenvalue weighted by atomic mass is 19.4. The molecule has 1 aliphatic heterocycles. The zero-order valence-electron chi connectivity index (χ0n) is 13.4. The van der Waals surface area contributed by atoms with Gasteiger partial charge in [0.15, 0.2) is 5.82 Å². The summed E-state index contributed by atoms with van der Waals surface area (Å²) >= 11 is 0. The number of rotatable bonds is 4. The molecule has 1 saturated carbocycles. The van der Waals surface area contributed by atoms with E-state index in [9.17, 15) is 18.3 Å². The van der Waals surface area contributed by atoms with Crippen molar-refractivity contribution in [2.24, 2.45) is 0 Å². The van der Waals surface area contributed by atoms with Gasteiger partial charge >= 0.3 is 6.18 Å². The van der Waals surface area contributed by atoms with E-state index in [0.29, 0.717) is 42.7 Å². The Morgan fingerprint density at radius 1 is 1.28 bits per heavy atom. The van der Waals surface area contributed by atoms with Gasteiger partial charge in [-0.05, 0) is 37.0 Å². The maximum Gasteiger partial charge on any atom is 0.416 e. The van der Waals surface area contributed by atoms with Crippen molar-refractivity contribution < 1.29 is 22.8 Å². The Morgan fingerprint density at radius 3 is 2.80 bits per heavy atom. The minimum atomic E-state index is -4.39. The van der Waals surface area contributed by atoms with Crippen molar-refractivity contribution in [1.29, 1.82) is 0 Å². The van der Waals surface area contributed by atoms with Gasteiger partial charge in [0.2, 0.25) is 5.89 Å². The molecule has 2 fully saturated rings. The van der Waals surface area contributed by atoms with Crippen molar-refractivity contribution >= 4 is 0 Å². The maximum atomic E-state index is 13.0. The van der Waals surface area contributed by atoms with Gasteiger partial charge in [0.25, 0.3) is 0 Å². The fourth-order valence-electron chi connectivity index (χ4n) is 3.34. The number of aromatic nitrogens is 2. The Labute approximate surface area is 142 Å². The molecule has 2 aliphatic rings. The second-order valence-corrected chi connectivity index (χ2v) is 6.78. The topological polar surface area (TPSA) is 62.4 Å². The predicted molar refractivity (Wildman–Crippen MR) is 81.5 cm³/mol. The van der Waals surface area contributed by atoms with Gasteiger partial charge < -0.3 is 9.63 Å². The molecule has 0 spiro atoms. The van der Waals surface area contributed by atoms with Crippen molar-refractivity contribution in [1.82, 2.24) is 15.0 Å². The number of hydrogen-bond acceptors (Lipinski definition) is 5. The summed E-state index contributed by atoms with van der Waals surface area (Å²) in [5, 5.41) is 14.0. The molecule has 4 rings (SSSR count). The van der Waals surface area contributed by atoms with E-state index in [-0.39, 0.29) is 6.04 Å². The largest absolute Gasteiger partial charge is 0.416 e. The number of benzene rings is 1. The van der Waals surface area contributed by atoms with Crippen LogP contribution in [0.25, 0.3) is 0 Å². The SMILES string of the molecule is O[C@H]1C[C@H](c2cccc(C(F)(F)F)c2)N(Cc2nc(C3CC3)no2)C1. The smallest absolute Gasteiger partial charge is 0.392 e. The van der Waals surface area contributed by atoms with Gasteiger partial charge in [-0.25, -0.2) is 0 Å². The molecule has 2 heterocycles. The summed E-state index contributed by atoms with van der Waals surface area (Å²) in [6.07, 6.45) is -2.47. The highest BCUT2D eigenvalue weighted by Crippen LogP contribution is 2.39. The molecule has 1 saturated heterocycles. The summed E-state index contributed by atoms with van der Waals surface area (Å²) in [4.78, 5) is 6.26. The quantitative estimate of drug-likeness (QED) is 0.914. The lowest BCUT2D eigenvalue weighted by atomic mass is 10.0. The van der Waals surface area contributed by atoms with Crippen molar-refractivity contribution in [3.63, 3.8) is 0 Å². The molecular weight excluding hydrogens is 335 g/mol. The third-order valence-corrected chi connectivity index (χ3v) is 4.74. The lowest BCUT2D eigenvalue weighted by Gasteiger charge is -2.23. The Balaban J connectivity index is 1.54. The number of β-amino-alcohol motifs (C(OH)–C–C–N with tert-alkyl or cyclic N) is 1. The van der Waals surface area contributed by atoms with Crippen LogP contribution in [-0.2, 0) is 12.7 Å². The summed E-state index contributed by atoms with van der Waals surface area (Å²) in [5.74, 6) is 1.51. The number of nitrogens with zero attached hydrogens (tertiary/aromatic N) is 3. The zero-order chi connectivity index (χ0) is 17.6. The first-order valence-corrected chi connectivity index (χ1v) is 8.32. The van der Waals surface area contributed by atoms with E-state index in [1.54, 1.807) is 6.07 Å². The molecule has 134 valence electrons. The minimum Gasteiger partial charge on any atom is -0.392 e. The van der Waals surface area contributed by atoms with E-state index in [1.165, 1.54) is 6.07 Å². The summed E-state index contributed by atoms with van der Waals surface area (Å²) in [6.45, 7) is 0.680. The average molecular weight is 353 g/mol. The average Bonchev–Trinajstić information content (AvgIpc) is 3.20. The summed E-state index contributed by atoms with van der Waals surface area (Å²) in [6, 6.07) is 4.96. The van der Waals surface area contributed by atoms with E-state index >= 15 is 0 Å². The van der Waals surface area contributed by atoms with Crippen LogP contribution in [0.2, 0.25) is 0 Å². The maximum absolute atomic E-state index is 13.0. The molecule has 1 aromatic heterocycles. The van der Waals surface area contributed by atoms with Gasteiger partial charge in [0.1, 0.15) is 0 Å². The molecule has 0 radical (unpaired) electrons. The van der Waals surface area contributed by atoms with Crippen molar-refractivity contribution in [3.8, 4) is 0 Å². The number of likely N-dealkylation sites (tertiary alicyclic amines) is 1. The van der Waals surface area contributed by atoms with Crippen LogP contribution in [0, 0.1) is 0 Å². The normalized spacial score (nSPS) is 24.8. The van der Waals surface area contributed by atoms with Crippen molar-refractivity contribution in [3.05, 3.63) is 47.1 Å². The fourth-order valence-corrected chi connectivity index (χ4v) is 3.34. The molecule has 0 amide bonds. The molecule has 0 unspecified atom stereocenters. The van der Waals surface area contributed by atoms with Gasteiger partial charge in [-0.15, -0.1) is 0 Å². The van der Waals surface area contributed by atoms with Crippen LogP contribution in [-0.4, -0.2) is 32.8 Å². The third kappa shape index (κ3) is 3.55. The molecule has 0 bridgehead atoms. The molecule has 1 aromatic carbocycles. The van der Waals surface area contributed by atoms with Gasteiger partial charge in [0.05, 0.1) is 18.2 Å². The van der Waals surface area contributed by atoms with Crippen molar-refractivity contribution in [2.75, 3.05) is 6.54 Å². The first-order chi connectivity index (χ1) is 11.9. The Hall–Kier alpha value is -1.93. The Kier molecular flexibility index (Phi) is 4.04. The first kappa shape index (κ1) is 16.5. The number of aliphatic hydroxyl groups excluding tert-OH is 1. The lowest BCUT2D eigenvalue weighted by molar-refractivity contribution is -0.137. The molecule has 5 nitrogen and oxygen atoms in total. The van der Waals surface area contributed by atoms with Crippen molar-refractivity contribution in [2.45, 2.75) is 50.0 Å². The molecule has 25 heavy (non-hydrogen) atoms. The molecule has 2 aromatic rings. The van der Waals surface area contributed by atoms with Crippen LogP contribution < -0.4 is 0 Å². The van der Waals surface area contributed by atoms with E-state index in [1.807, 2.05) is 4.90 Å².